The summed E-state index contributed by atoms with van der Waals surface area (Å²) < 4.78 is 10.6. The fourth-order valence-corrected chi connectivity index (χ4v) is 1.84. The third-order valence-electron chi connectivity index (χ3n) is 2.60. The van der Waals surface area contributed by atoms with Gasteiger partial charge < -0.3 is 9.47 Å². The van der Waals surface area contributed by atoms with Gasteiger partial charge in [-0.15, -0.1) is 0 Å². The Labute approximate surface area is 113 Å². The molecule has 0 aliphatic carbocycles. The summed E-state index contributed by atoms with van der Waals surface area (Å²) in [5, 5.41) is 0.717. The third-order valence-corrected chi connectivity index (χ3v) is 2.97. The van der Waals surface area contributed by atoms with Crippen LogP contribution in [-0.4, -0.2) is 18.7 Å². The molecule has 0 heterocycles. The van der Waals surface area contributed by atoms with E-state index in [1.165, 1.54) is 0 Å². The highest BCUT2D eigenvalue weighted by Crippen LogP contribution is 2.23. The molecule has 100 valence electrons. The predicted octanol–water partition coefficient (Wildman–Crippen LogP) is 3.62. The van der Waals surface area contributed by atoms with Gasteiger partial charge in [-0.2, -0.15) is 0 Å². The van der Waals surface area contributed by atoms with Gasteiger partial charge in [0.2, 0.25) is 0 Å². The van der Waals surface area contributed by atoms with Gasteiger partial charge in [0.25, 0.3) is 0 Å². The van der Waals surface area contributed by atoms with Crippen molar-refractivity contribution in [1.29, 1.82) is 0 Å². The van der Waals surface area contributed by atoms with Crippen molar-refractivity contribution < 1.29 is 14.3 Å². The SMILES string of the molecule is CCOC(=O)C(CC)Oc1ccc(Cl)c(CC)c1. The van der Waals surface area contributed by atoms with Gasteiger partial charge in [0.1, 0.15) is 5.75 Å². The number of hydrogen-bond donors (Lipinski definition) is 0. The first-order valence-corrected chi connectivity index (χ1v) is 6.61. The van der Waals surface area contributed by atoms with Crippen molar-refractivity contribution in [2.75, 3.05) is 6.61 Å². The smallest absolute Gasteiger partial charge is 0.347 e. The van der Waals surface area contributed by atoms with Crippen molar-refractivity contribution in [3.05, 3.63) is 28.8 Å². The molecule has 1 aromatic carbocycles. The van der Waals surface area contributed by atoms with Gasteiger partial charge in [-0.05, 0) is 43.5 Å². The molecule has 0 amide bonds. The van der Waals surface area contributed by atoms with E-state index in [-0.39, 0.29) is 5.97 Å². The number of halogens is 1. The Morgan fingerprint density at radius 3 is 2.61 bits per heavy atom. The zero-order valence-electron chi connectivity index (χ0n) is 11.0. The van der Waals surface area contributed by atoms with Crippen LogP contribution in [0.1, 0.15) is 32.8 Å². The van der Waals surface area contributed by atoms with E-state index < -0.39 is 6.10 Å². The Balaban J connectivity index is 2.78. The molecule has 4 heteroatoms. The Kier molecular flexibility index (Phi) is 5.99. The normalized spacial score (nSPS) is 12.0. The molecular formula is C14H19ClO3. The van der Waals surface area contributed by atoms with Crippen molar-refractivity contribution in [3.63, 3.8) is 0 Å². The van der Waals surface area contributed by atoms with Crippen LogP contribution in [0.15, 0.2) is 18.2 Å². The first-order valence-electron chi connectivity index (χ1n) is 6.24. The minimum absolute atomic E-state index is 0.326. The minimum atomic E-state index is -0.559. The maximum Gasteiger partial charge on any atom is 0.347 e. The second-order valence-electron chi connectivity index (χ2n) is 3.87. The molecule has 0 aromatic heterocycles. The van der Waals surface area contributed by atoms with Gasteiger partial charge in [0, 0.05) is 5.02 Å². The Bertz CT molecular complexity index is 404. The summed E-state index contributed by atoms with van der Waals surface area (Å²) in [5.74, 6) is 0.323. The van der Waals surface area contributed by atoms with Crippen LogP contribution in [0.4, 0.5) is 0 Å². The number of carbonyl (C=O) groups excluding carboxylic acids is 1. The molecule has 0 radical (unpaired) electrons. The van der Waals surface area contributed by atoms with Crippen LogP contribution in [0.25, 0.3) is 0 Å². The highest BCUT2D eigenvalue weighted by molar-refractivity contribution is 6.31. The summed E-state index contributed by atoms with van der Waals surface area (Å²) in [6.45, 7) is 6.05. The van der Waals surface area contributed by atoms with E-state index in [0.717, 1.165) is 12.0 Å². The summed E-state index contributed by atoms with van der Waals surface area (Å²) in [6, 6.07) is 5.42. The molecular weight excluding hydrogens is 252 g/mol. The number of ether oxygens (including phenoxy) is 2. The molecule has 0 saturated heterocycles. The maximum absolute atomic E-state index is 11.6. The molecule has 0 N–H and O–H groups in total. The van der Waals surface area contributed by atoms with E-state index in [4.69, 9.17) is 21.1 Å². The van der Waals surface area contributed by atoms with Crippen molar-refractivity contribution >= 4 is 17.6 Å². The van der Waals surface area contributed by atoms with Gasteiger partial charge >= 0.3 is 5.97 Å². The average Bonchev–Trinajstić information content (AvgIpc) is 2.37. The number of hydrogen-bond acceptors (Lipinski definition) is 3. The van der Waals surface area contributed by atoms with Crippen LogP contribution in [0.2, 0.25) is 5.02 Å². The lowest BCUT2D eigenvalue weighted by molar-refractivity contribution is -0.151. The standard InChI is InChI=1S/C14H19ClO3/c1-4-10-9-11(7-8-12(10)15)18-13(5-2)14(16)17-6-3/h7-9,13H,4-6H2,1-3H3. The fourth-order valence-electron chi connectivity index (χ4n) is 1.59. The first kappa shape index (κ1) is 14.8. The number of benzene rings is 1. The number of rotatable bonds is 6. The Morgan fingerprint density at radius 1 is 1.33 bits per heavy atom. The molecule has 0 bridgehead atoms. The molecule has 1 rings (SSSR count). The van der Waals surface area contributed by atoms with Crippen LogP contribution in [0.3, 0.4) is 0 Å². The van der Waals surface area contributed by atoms with Crippen molar-refractivity contribution in [3.8, 4) is 5.75 Å². The van der Waals surface area contributed by atoms with E-state index >= 15 is 0 Å². The monoisotopic (exact) mass is 270 g/mol. The van der Waals surface area contributed by atoms with Crippen molar-refractivity contribution in [2.24, 2.45) is 0 Å². The van der Waals surface area contributed by atoms with E-state index in [1.54, 1.807) is 19.1 Å². The molecule has 0 spiro atoms. The van der Waals surface area contributed by atoms with Gasteiger partial charge in [-0.25, -0.2) is 4.79 Å². The summed E-state index contributed by atoms with van der Waals surface area (Å²) in [7, 11) is 0. The largest absolute Gasteiger partial charge is 0.479 e. The van der Waals surface area contributed by atoms with Crippen molar-refractivity contribution in [1.82, 2.24) is 0 Å². The van der Waals surface area contributed by atoms with E-state index in [1.807, 2.05) is 19.9 Å². The molecule has 18 heavy (non-hydrogen) atoms. The molecule has 3 nitrogen and oxygen atoms in total. The van der Waals surface area contributed by atoms with Crippen LogP contribution < -0.4 is 4.74 Å². The van der Waals surface area contributed by atoms with Gasteiger partial charge in [-0.1, -0.05) is 25.4 Å². The molecule has 0 saturated carbocycles. The van der Waals surface area contributed by atoms with E-state index in [9.17, 15) is 4.79 Å². The molecule has 0 aliphatic heterocycles. The molecule has 1 atom stereocenters. The van der Waals surface area contributed by atoms with Crippen molar-refractivity contribution in [2.45, 2.75) is 39.7 Å². The lowest BCUT2D eigenvalue weighted by Crippen LogP contribution is -2.28. The summed E-state index contributed by atoms with van der Waals surface area (Å²) in [6.07, 6.45) is 0.839. The lowest BCUT2D eigenvalue weighted by atomic mass is 10.1. The fraction of sp³-hybridized carbons (Fsp3) is 0.500. The van der Waals surface area contributed by atoms with Gasteiger partial charge in [-0.3, -0.25) is 0 Å². The van der Waals surface area contributed by atoms with Crippen LogP contribution in [0, 0.1) is 0 Å². The quantitative estimate of drug-likeness (QED) is 0.741. The molecule has 0 fully saturated rings. The average molecular weight is 271 g/mol. The third kappa shape index (κ3) is 3.91. The second-order valence-corrected chi connectivity index (χ2v) is 4.28. The van der Waals surface area contributed by atoms with Crippen LogP contribution in [-0.2, 0) is 16.0 Å². The van der Waals surface area contributed by atoms with Gasteiger partial charge in [0.15, 0.2) is 6.10 Å². The molecule has 1 aromatic rings. The van der Waals surface area contributed by atoms with Crippen LogP contribution in [0.5, 0.6) is 5.75 Å². The Morgan fingerprint density at radius 2 is 2.06 bits per heavy atom. The minimum Gasteiger partial charge on any atom is -0.479 e. The molecule has 1 unspecified atom stereocenters. The zero-order chi connectivity index (χ0) is 13.5. The number of carbonyl (C=O) groups is 1. The predicted molar refractivity (Wildman–Crippen MR) is 72.2 cm³/mol. The zero-order valence-corrected chi connectivity index (χ0v) is 11.8. The number of esters is 1. The van der Waals surface area contributed by atoms with Crippen LogP contribution >= 0.6 is 11.6 Å². The second kappa shape index (κ2) is 7.27. The summed E-state index contributed by atoms with van der Waals surface area (Å²) in [5.41, 5.74) is 1.01. The highest BCUT2D eigenvalue weighted by atomic mass is 35.5. The summed E-state index contributed by atoms with van der Waals surface area (Å²) >= 11 is 6.03. The maximum atomic E-state index is 11.6. The van der Waals surface area contributed by atoms with E-state index in [0.29, 0.717) is 23.8 Å². The topological polar surface area (TPSA) is 35.5 Å². The lowest BCUT2D eigenvalue weighted by Gasteiger charge is -2.16. The highest BCUT2D eigenvalue weighted by Gasteiger charge is 2.19. The molecule has 0 aliphatic rings. The van der Waals surface area contributed by atoms with Gasteiger partial charge in [0.05, 0.1) is 6.61 Å². The van der Waals surface area contributed by atoms with E-state index in [2.05, 4.69) is 0 Å². The Hall–Kier alpha value is -1.22. The summed E-state index contributed by atoms with van der Waals surface area (Å²) in [4.78, 5) is 11.6. The number of aryl methyl sites for hydroxylation is 1. The first-order chi connectivity index (χ1) is 8.62.